The number of sulfone groups is 1. The molecule has 0 radical (unpaired) electrons. The van der Waals surface area contributed by atoms with E-state index in [9.17, 15) is 16.8 Å². The zero-order chi connectivity index (χ0) is 14.1. The van der Waals surface area contributed by atoms with Crippen molar-refractivity contribution >= 4 is 19.9 Å². The monoisotopic (exact) mass is 309 g/mol. The van der Waals surface area contributed by atoms with Crippen molar-refractivity contribution in [1.82, 2.24) is 14.3 Å². The van der Waals surface area contributed by atoms with Gasteiger partial charge in [0, 0.05) is 12.6 Å². The Morgan fingerprint density at radius 3 is 2.74 bits per heavy atom. The van der Waals surface area contributed by atoms with Crippen LogP contribution in [0.4, 0.5) is 0 Å². The fourth-order valence-corrected chi connectivity index (χ4v) is 5.48. The molecule has 1 aliphatic heterocycles. The van der Waals surface area contributed by atoms with Crippen molar-refractivity contribution in [3.63, 3.8) is 0 Å². The van der Waals surface area contributed by atoms with Crippen molar-refractivity contribution in [2.24, 2.45) is 0 Å². The van der Waals surface area contributed by atoms with Crippen molar-refractivity contribution in [2.75, 3.05) is 24.7 Å². The third-order valence-electron chi connectivity index (χ3n) is 3.00. The standard InChI is InChI=1S/C9H15N3O5S2/c13-3-2-12(8-1-4-18(14,15)6-8)19(16,17)9-5-10-7-11-9/h5,7-8,13H,1-4,6H2,(H,10,11). The predicted octanol–water partition coefficient (Wildman–Crippen LogP) is -1.42. The van der Waals surface area contributed by atoms with E-state index < -0.39 is 25.9 Å². The molecule has 10 heteroatoms. The van der Waals surface area contributed by atoms with Crippen LogP contribution in [-0.4, -0.2) is 66.9 Å². The number of aliphatic hydroxyl groups excluding tert-OH is 1. The Kier molecular flexibility index (Phi) is 3.95. The maximum atomic E-state index is 12.3. The van der Waals surface area contributed by atoms with Crippen molar-refractivity contribution in [1.29, 1.82) is 0 Å². The van der Waals surface area contributed by atoms with Gasteiger partial charge >= 0.3 is 0 Å². The highest BCUT2D eigenvalue weighted by molar-refractivity contribution is 7.92. The molecule has 1 aromatic rings. The average Bonchev–Trinajstić information content (AvgIpc) is 2.95. The van der Waals surface area contributed by atoms with Gasteiger partial charge in [-0.2, -0.15) is 4.31 Å². The minimum atomic E-state index is -3.86. The Balaban J connectivity index is 2.31. The maximum Gasteiger partial charge on any atom is 0.260 e. The molecular weight excluding hydrogens is 294 g/mol. The van der Waals surface area contributed by atoms with Gasteiger partial charge in [0.2, 0.25) is 0 Å². The summed E-state index contributed by atoms with van der Waals surface area (Å²) in [5, 5.41) is 8.90. The van der Waals surface area contributed by atoms with Crippen LogP contribution < -0.4 is 0 Å². The second kappa shape index (κ2) is 5.19. The van der Waals surface area contributed by atoms with Gasteiger partial charge in [0.15, 0.2) is 14.9 Å². The Morgan fingerprint density at radius 2 is 2.26 bits per heavy atom. The molecule has 2 N–H and O–H groups in total. The van der Waals surface area contributed by atoms with E-state index in [1.165, 1.54) is 6.33 Å². The van der Waals surface area contributed by atoms with Gasteiger partial charge in [0.1, 0.15) is 0 Å². The summed E-state index contributed by atoms with van der Waals surface area (Å²) in [6, 6.07) is -0.634. The van der Waals surface area contributed by atoms with Gasteiger partial charge in [-0.05, 0) is 6.42 Å². The average molecular weight is 309 g/mol. The zero-order valence-corrected chi connectivity index (χ0v) is 11.7. The van der Waals surface area contributed by atoms with E-state index in [0.29, 0.717) is 0 Å². The van der Waals surface area contributed by atoms with Crippen LogP contribution in [0.25, 0.3) is 0 Å². The number of aromatic amines is 1. The maximum absolute atomic E-state index is 12.3. The molecule has 1 aromatic heterocycles. The lowest BCUT2D eigenvalue weighted by atomic mass is 10.3. The molecule has 0 aromatic carbocycles. The van der Waals surface area contributed by atoms with Crippen LogP contribution in [0.1, 0.15) is 6.42 Å². The molecule has 1 saturated heterocycles. The lowest BCUT2D eigenvalue weighted by molar-refractivity contribution is 0.232. The first-order chi connectivity index (χ1) is 8.87. The highest BCUT2D eigenvalue weighted by Crippen LogP contribution is 2.23. The number of nitrogens with zero attached hydrogens (tertiary/aromatic N) is 2. The van der Waals surface area contributed by atoms with Crippen LogP contribution in [0.3, 0.4) is 0 Å². The highest BCUT2D eigenvalue weighted by Gasteiger charge is 2.38. The van der Waals surface area contributed by atoms with E-state index in [4.69, 9.17) is 5.11 Å². The lowest BCUT2D eigenvalue weighted by Crippen LogP contribution is -2.42. The SMILES string of the molecule is O=S1(=O)CCC(N(CCO)S(=O)(=O)c2cnc[nH]2)C1. The second-order valence-electron chi connectivity index (χ2n) is 4.31. The largest absolute Gasteiger partial charge is 0.395 e. The van der Waals surface area contributed by atoms with Crippen LogP contribution >= 0.6 is 0 Å². The first kappa shape index (κ1) is 14.4. The van der Waals surface area contributed by atoms with Crippen LogP contribution in [0.5, 0.6) is 0 Å². The first-order valence-corrected chi connectivity index (χ1v) is 8.94. The summed E-state index contributed by atoms with van der Waals surface area (Å²) in [6.45, 7) is -0.508. The summed E-state index contributed by atoms with van der Waals surface area (Å²) >= 11 is 0. The van der Waals surface area contributed by atoms with Crippen LogP contribution in [0, 0.1) is 0 Å². The van der Waals surface area contributed by atoms with E-state index >= 15 is 0 Å². The Hall–Kier alpha value is -0.970. The molecule has 0 bridgehead atoms. The number of aliphatic hydroxyl groups is 1. The molecule has 1 fully saturated rings. The fraction of sp³-hybridized carbons (Fsp3) is 0.667. The molecule has 0 amide bonds. The van der Waals surface area contributed by atoms with Gasteiger partial charge in [-0.1, -0.05) is 0 Å². The van der Waals surface area contributed by atoms with Crippen molar-refractivity contribution in [3.8, 4) is 0 Å². The van der Waals surface area contributed by atoms with Crippen molar-refractivity contribution in [2.45, 2.75) is 17.5 Å². The molecule has 2 rings (SSSR count). The number of hydrogen-bond acceptors (Lipinski definition) is 6. The molecule has 0 aliphatic carbocycles. The quantitative estimate of drug-likeness (QED) is 0.688. The number of H-pyrrole nitrogens is 1. The smallest absolute Gasteiger partial charge is 0.260 e. The summed E-state index contributed by atoms with van der Waals surface area (Å²) in [5.41, 5.74) is 0. The molecule has 0 spiro atoms. The number of rotatable bonds is 5. The second-order valence-corrected chi connectivity index (χ2v) is 8.40. The number of nitrogens with one attached hydrogen (secondary N) is 1. The van der Waals surface area contributed by atoms with Crippen LogP contribution in [0.2, 0.25) is 0 Å². The molecule has 2 heterocycles. The van der Waals surface area contributed by atoms with E-state index in [-0.39, 0.29) is 36.1 Å². The molecular formula is C9H15N3O5S2. The Bertz CT molecular complexity index is 623. The summed E-state index contributed by atoms with van der Waals surface area (Å²) < 4.78 is 48.6. The fourth-order valence-electron chi connectivity index (χ4n) is 2.11. The summed E-state index contributed by atoms with van der Waals surface area (Å²) in [6.07, 6.45) is 2.63. The van der Waals surface area contributed by atoms with Crippen molar-refractivity contribution < 1.29 is 21.9 Å². The molecule has 1 unspecified atom stereocenters. The minimum absolute atomic E-state index is 0.0297. The summed E-state index contributed by atoms with van der Waals surface area (Å²) in [7, 11) is -7.06. The molecule has 19 heavy (non-hydrogen) atoms. The van der Waals surface area contributed by atoms with Gasteiger partial charge in [-0.25, -0.2) is 21.8 Å². The Labute approximate surface area is 111 Å². The van der Waals surface area contributed by atoms with Gasteiger partial charge in [0.05, 0.1) is 30.6 Å². The Morgan fingerprint density at radius 1 is 1.53 bits per heavy atom. The van der Waals surface area contributed by atoms with E-state index in [2.05, 4.69) is 9.97 Å². The third kappa shape index (κ3) is 2.96. The molecule has 0 saturated carbocycles. The van der Waals surface area contributed by atoms with Gasteiger partial charge < -0.3 is 10.1 Å². The topological polar surface area (TPSA) is 120 Å². The van der Waals surface area contributed by atoms with Gasteiger partial charge in [-0.15, -0.1) is 0 Å². The number of hydrogen-bond donors (Lipinski definition) is 2. The van der Waals surface area contributed by atoms with Gasteiger partial charge in [0.25, 0.3) is 10.0 Å². The highest BCUT2D eigenvalue weighted by atomic mass is 32.2. The lowest BCUT2D eigenvalue weighted by Gasteiger charge is -2.25. The molecule has 108 valence electrons. The third-order valence-corrected chi connectivity index (χ3v) is 6.62. The molecule has 8 nitrogen and oxygen atoms in total. The van der Waals surface area contributed by atoms with E-state index in [1.807, 2.05) is 0 Å². The minimum Gasteiger partial charge on any atom is -0.395 e. The van der Waals surface area contributed by atoms with Crippen LogP contribution in [0.15, 0.2) is 17.6 Å². The molecule has 1 atom stereocenters. The number of aromatic nitrogens is 2. The van der Waals surface area contributed by atoms with Crippen molar-refractivity contribution in [3.05, 3.63) is 12.5 Å². The summed E-state index contributed by atoms with van der Waals surface area (Å²) in [4.78, 5) is 6.13. The molecule has 1 aliphatic rings. The van der Waals surface area contributed by atoms with E-state index in [1.54, 1.807) is 0 Å². The van der Waals surface area contributed by atoms with Crippen LogP contribution in [-0.2, 0) is 19.9 Å². The predicted molar refractivity (Wildman–Crippen MR) is 66.6 cm³/mol. The summed E-state index contributed by atoms with van der Waals surface area (Å²) in [5.74, 6) is -0.238. The zero-order valence-electron chi connectivity index (χ0n) is 10.1. The first-order valence-electron chi connectivity index (χ1n) is 5.68. The number of imidazole rings is 1. The van der Waals surface area contributed by atoms with Gasteiger partial charge in [-0.3, -0.25) is 0 Å². The van der Waals surface area contributed by atoms with E-state index in [0.717, 1.165) is 10.5 Å². The number of sulfonamides is 1. The normalized spacial score (nSPS) is 22.9.